The minimum Gasteiger partial charge on any atom is -0.322 e. The maximum atomic E-state index is 6.14. The minimum absolute atomic E-state index is 0.0433. The molecule has 0 aliphatic carbocycles. The van der Waals surface area contributed by atoms with Crippen LogP contribution in [0.5, 0.6) is 0 Å². The van der Waals surface area contributed by atoms with Crippen molar-refractivity contribution in [3.63, 3.8) is 0 Å². The lowest BCUT2D eigenvalue weighted by Gasteiger charge is -2.15. The van der Waals surface area contributed by atoms with E-state index in [4.69, 9.17) is 5.73 Å². The van der Waals surface area contributed by atoms with Crippen LogP contribution in [0, 0.1) is 12.8 Å². The quantitative estimate of drug-likeness (QED) is 0.813. The first-order valence-corrected chi connectivity index (χ1v) is 5.29. The van der Waals surface area contributed by atoms with Gasteiger partial charge in [-0.05, 0) is 24.5 Å². The third-order valence-corrected chi connectivity index (χ3v) is 2.82. The van der Waals surface area contributed by atoms with E-state index in [1.54, 1.807) is 0 Å². The van der Waals surface area contributed by atoms with Gasteiger partial charge in [0, 0.05) is 12.2 Å². The van der Waals surface area contributed by atoms with Crippen LogP contribution in [0.25, 0.3) is 5.65 Å². The van der Waals surface area contributed by atoms with Crippen LogP contribution in [0.3, 0.4) is 0 Å². The highest BCUT2D eigenvalue weighted by atomic mass is 15.0. The molecular weight excluding hydrogens is 186 g/mol. The highest BCUT2D eigenvalue weighted by Crippen LogP contribution is 2.21. The van der Waals surface area contributed by atoms with Gasteiger partial charge in [0.1, 0.15) is 5.65 Å². The molecule has 0 radical (unpaired) electrons. The van der Waals surface area contributed by atoms with Gasteiger partial charge >= 0.3 is 0 Å². The summed E-state index contributed by atoms with van der Waals surface area (Å²) >= 11 is 0. The predicted octanol–water partition coefficient (Wildman–Crippen LogP) is 2.30. The predicted molar refractivity (Wildman–Crippen MR) is 61.7 cm³/mol. The fourth-order valence-corrected chi connectivity index (χ4v) is 1.76. The third kappa shape index (κ3) is 1.63. The topological polar surface area (TPSA) is 43.3 Å². The van der Waals surface area contributed by atoms with Crippen molar-refractivity contribution in [1.82, 2.24) is 9.38 Å². The first-order chi connectivity index (χ1) is 7.11. The monoisotopic (exact) mass is 203 g/mol. The number of imidazole rings is 1. The molecule has 0 aliphatic heterocycles. The Morgan fingerprint density at radius 1 is 1.40 bits per heavy atom. The van der Waals surface area contributed by atoms with Crippen LogP contribution in [0.15, 0.2) is 24.5 Å². The average Bonchev–Trinajstić information content (AvgIpc) is 2.61. The van der Waals surface area contributed by atoms with E-state index in [0.717, 1.165) is 11.3 Å². The highest BCUT2D eigenvalue weighted by Gasteiger charge is 2.15. The van der Waals surface area contributed by atoms with Crippen LogP contribution < -0.4 is 5.73 Å². The van der Waals surface area contributed by atoms with Gasteiger partial charge in [-0.1, -0.05) is 19.9 Å². The van der Waals surface area contributed by atoms with Crippen LogP contribution in [-0.2, 0) is 0 Å². The lowest BCUT2D eigenvalue weighted by Crippen LogP contribution is -2.18. The Morgan fingerprint density at radius 3 is 2.80 bits per heavy atom. The zero-order valence-corrected chi connectivity index (χ0v) is 9.44. The van der Waals surface area contributed by atoms with Crippen molar-refractivity contribution in [3.05, 3.63) is 35.8 Å². The van der Waals surface area contributed by atoms with Crippen LogP contribution in [0.4, 0.5) is 0 Å². The van der Waals surface area contributed by atoms with Crippen molar-refractivity contribution >= 4 is 5.65 Å². The highest BCUT2D eigenvalue weighted by molar-refractivity contribution is 5.48. The smallest absolute Gasteiger partial charge is 0.139 e. The summed E-state index contributed by atoms with van der Waals surface area (Å²) in [5, 5.41) is 0. The zero-order chi connectivity index (χ0) is 11.0. The number of nitrogens with two attached hydrogens (primary N) is 1. The second-order valence-electron chi connectivity index (χ2n) is 4.34. The van der Waals surface area contributed by atoms with Crippen LogP contribution in [0.1, 0.15) is 31.1 Å². The van der Waals surface area contributed by atoms with E-state index in [0.29, 0.717) is 5.92 Å². The molecule has 2 heterocycles. The molecule has 15 heavy (non-hydrogen) atoms. The van der Waals surface area contributed by atoms with E-state index in [2.05, 4.69) is 36.2 Å². The first kappa shape index (κ1) is 10.2. The maximum Gasteiger partial charge on any atom is 0.139 e. The largest absolute Gasteiger partial charge is 0.322 e. The fourth-order valence-electron chi connectivity index (χ4n) is 1.76. The Labute approximate surface area is 89.9 Å². The normalized spacial score (nSPS) is 13.7. The number of hydrogen-bond donors (Lipinski definition) is 1. The number of aryl methyl sites for hydroxylation is 1. The van der Waals surface area contributed by atoms with Gasteiger partial charge in [-0.3, -0.25) is 0 Å². The first-order valence-electron chi connectivity index (χ1n) is 5.29. The molecule has 80 valence electrons. The van der Waals surface area contributed by atoms with Gasteiger partial charge in [0.25, 0.3) is 0 Å². The molecule has 3 heteroatoms. The summed E-state index contributed by atoms with van der Waals surface area (Å²) in [6.07, 6.45) is 3.90. The van der Waals surface area contributed by atoms with E-state index >= 15 is 0 Å². The molecule has 0 bridgehead atoms. The van der Waals surface area contributed by atoms with E-state index in [-0.39, 0.29) is 6.04 Å². The Kier molecular flexibility index (Phi) is 2.49. The van der Waals surface area contributed by atoms with Crippen molar-refractivity contribution in [1.29, 1.82) is 0 Å². The molecule has 2 rings (SSSR count). The van der Waals surface area contributed by atoms with Gasteiger partial charge in [-0.25, -0.2) is 4.98 Å². The molecule has 0 saturated heterocycles. The molecular formula is C12H17N3. The standard InChI is InChI=1S/C12H17N3/c1-8(2)11(13)10-7-14-12-9(3)5-4-6-15(10)12/h4-8,11H,13H2,1-3H3/t11-/m0/s1. The number of fused-ring (bicyclic) bond motifs is 1. The van der Waals surface area contributed by atoms with Gasteiger partial charge in [0.05, 0.1) is 11.9 Å². The average molecular weight is 203 g/mol. The maximum absolute atomic E-state index is 6.14. The summed E-state index contributed by atoms with van der Waals surface area (Å²) < 4.78 is 2.08. The Morgan fingerprint density at radius 2 is 2.13 bits per heavy atom. The number of rotatable bonds is 2. The van der Waals surface area contributed by atoms with Crippen LogP contribution >= 0.6 is 0 Å². The summed E-state index contributed by atoms with van der Waals surface area (Å²) in [6.45, 7) is 6.31. The Hall–Kier alpha value is -1.35. The number of pyridine rings is 1. The number of aromatic nitrogens is 2. The molecule has 3 nitrogen and oxygen atoms in total. The van der Waals surface area contributed by atoms with Gasteiger partial charge in [-0.2, -0.15) is 0 Å². The molecule has 2 N–H and O–H groups in total. The van der Waals surface area contributed by atoms with E-state index in [9.17, 15) is 0 Å². The molecule has 2 aromatic heterocycles. The third-order valence-electron chi connectivity index (χ3n) is 2.82. The van der Waals surface area contributed by atoms with Crippen molar-refractivity contribution in [3.8, 4) is 0 Å². The Balaban J connectivity index is 2.59. The van der Waals surface area contributed by atoms with Gasteiger partial charge in [0.2, 0.25) is 0 Å². The van der Waals surface area contributed by atoms with E-state index < -0.39 is 0 Å². The van der Waals surface area contributed by atoms with Gasteiger partial charge in [-0.15, -0.1) is 0 Å². The summed E-state index contributed by atoms with van der Waals surface area (Å²) in [5.41, 5.74) is 9.41. The molecule has 0 fully saturated rings. The van der Waals surface area contributed by atoms with E-state index in [1.807, 2.05) is 18.5 Å². The minimum atomic E-state index is 0.0433. The summed E-state index contributed by atoms with van der Waals surface area (Å²) in [6, 6.07) is 4.13. The molecule has 0 spiro atoms. The SMILES string of the molecule is Cc1cccn2c([C@@H](N)C(C)C)cnc12. The van der Waals surface area contributed by atoms with Crippen molar-refractivity contribution in [2.24, 2.45) is 11.7 Å². The summed E-state index contributed by atoms with van der Waals surface area (Å²) in [4.78, 5) is 4.40. The molecule has 0 saturated carbocycles. The van der Waals surface area contributed by atoms with Crippen molar-refractivity contribution < 1.29 is 0 Å². The van der Waals surface area contributed by atoms with E-state index in [1.165, 1.54) is 5.56 Å². The molecule has 0 aromatic carbocycles. The molecule has 0 unspecified atom stereocenters. The van der Waals surface area contributed by atoms with Crippen molar-refractivity contribution in [2.75, 3.05) is 0 Å². The molecule has 1 atom stereocenters. The van der Waals surface area contributed by atoms with Crippen molar-refractivity contribution in [2.45, 2.75) is 26.8 Å². The summed E-state index contributed by atoms with van der Waals surface area (Å²) in [5.74, 6) is 0.422. The van der Waals surface area contributed by atoms with Crippen LogP contribution in [0.2, 0.25) is 0 Å². The van der Waals surface area contributed by atoms with Gasteiger partial charge in [0.15, 0.2) is 0 Å². The van der Waals surface area contributed by atoms with Crippen LogP contribution in [-0.4, -0.2) is 9.38 Å². The second-order valence-corrected chi connectivity index (χ2v) is 4.34. The fraction of sp³-hybridized carbons (Fsp3) is 0.417. The lowest BCUT2D eigenvalue weighted by molar-refractivity contribution is 0.500. The van der Waals surface area contributed by atoms with Gasteiger partial charge < -0.3 is 10.1 Å². The Bertz CT molecular complexity index is 471. The number of hydrogen-bond acceptors (Lipinski definition) is 2. The molecule has 2 aromatic rings. The second kappa shape index (κ2) is 3.66. The molecule has 0 amide bonds. The summed E-state index contributed by atoms with van der Waals surface area (Å²) in [7, 11) is 0. The zero-order valence-electron chi connectivity index (χ0n) is 9.44. The lowest BCUT2D eigenvalue weighted by atomic mass is 10.0. The number of nitrogens with zero attached hydrogens (tertiary/aromatic N) is 2. The molecule has 0 aliphatic rings.